The lowest BCUT2D eigenvalue weighted by Gasteiger charge is -2.16. The van der Waals surface area contributed by atoms with Gasteiger partial charge in [0.2, 0.25) is 0 Å². The number of benzene rings is 1. The molecule has 1 aromatic heterocycles. The van der Waals surface area contributed by atoms with E-state index in [4.69, 9.17) is 4.74 Å². The van der Waals surface area contributed by atoms with E-state index in [-0.39, 0.29) is 0 Å². The molecule has 0 spiro atoms. The van der Waals surface area contributed by atoms with E-state index in [0.29, 0.717) is 12.0 Å². The molecule has 0 N–H and O–H groups in total. The van der Waals surface area contributed by atoms with Crippen molar-refractivity contribution in [3.63, 3.8) is 0 Å². The van der Waals surface area contributed by atoms with Gasteiger partial charge in [-0.1, -0.05) is 28.1 Å². The van der Waals surface area contributed by atoms with E-state index in [2.05, 4.69) is 52.0 Å². The van der Waals surface area contributed by atoms with Gasteiger partial charge in [0, 0.05) is 17.8 Å². The molecule has 2 aromatic rings. The van der Waals surface area contributed by atoms with E-state index in [1.807, 2.05) is 16.8 Å². The van der Waals surface area contributed by atoms with Crippen LogP contribution in [-0.4, -0.2) is 27.2 Å². The number of hydrogen-bond acceptors (Lipinski definition) is 3. The largest absolute Gasteiger partial charge is 0.497 e. The van der Waals surface area contributed by atoms with Gasteiger partial charge in [-0.15, -0.1) is 0 Å². The molecule has 1 atom stereocenters. The number of rotatable bonds is 7. The maximum Gasteiger partial charge on any atom is 0.138 e. The molecule has 0 saturated heterocycles. The molecule has 0 radical (unpaired) electrons. The van der Waals surface area contributed by atoms with E-state index in [0.717, 1.165) is 29.7 Å². The molecule has 1 heterocycles. The Morgan fingerprint density at radius 1 is 1.19 bits per heavy atom. The number of hydrogen-bond donors (Lipinski definition) is 0. The smallest absolute Gasteiger partial charge is 0.138 e. The fraction of sp³-hybridized carbons (Fsp3) is 0.500. The average Bonchev–Trinajstić information content (AvgIpc) is 2.95. The molecule has 0 bridgehead atoms. The summed E-state index contributed by atoms with van der Waals surface area (Å²) in [4.78, 5) is 4.41. The minimum atomic E-state index is 0.347. The molecule has 114 valence electrons. The summed E-state index contributed by atoms with van der Waals surface area (Å²) in [6.07, 6.45) is 3.59. The van der Waals surface area contributed by atoms with Gasteiger partial charge < -0.3 is 4.74 Å². The summed E-state index contributed by atoms with van der Waals surface area (Å²) >= 11 is 3.63. The fourth-order valence-corrected chi connectivity index (χ4v) is 2.84. The number of aromatic nitrogens is 3. The van der Waals surface area contributed by atoms with Crippen molar-refractivity contribution in [3.8, 4) is 5.75 Å². The van der Waals surface area contributed by atoms with Crippen LogP contribution in [0.3, 0.4) is 0 Å². The van der Waals surface area contributed by atoms with E-state index in [1.54, 1.807) is 13.4 Å². The van der Waals surface area contributed by atoms with E-state index >= 15 is 0 Å². The maximum absolute atomic E-state index is 5.20. The highest BCUT2D eigenvalue weighted by atomic mass is 79.9. The number of nitrogens with zero attached hydrogens (tertiary/aromatic N) is 3. The molecular weight excluding hydrogens is 330 g/mol. The first-order valence-corrected chi connectivity index (χ1v) is 8.33. The molecule has 1 unspecified atom stereocenters. The normalized spacial score (nSPS) is 12.6. The van der Waals surface area contributed by atoms with Crippen LogP contribution in [0.4, 0.5) is 0 Å². The van der Waals surface area contributed by atoms with Crippen molar-refractivity contribution in [3.05, 3.63) is 42.0 Å². The van der Waals surface area contributed by atoms with Gasteiger partial charge >= 0.3 is 0 Å². The fourth-order valence-electron chi connectivity index (χ4n) is 2.39. The van der Waals surface area contributed by atoms with Crippen molar-refractivity contribution in [1.82, 2.24) is 14.8 Å². The Balaban J connectivity index is 2.03. The third kappa shape index (κ3) is 4.30. The highest BCUT2D eigenvalue weighted by molar-refractivity contribution is 9.09. The number of methoxy groups -OCH3 is 1. The minimum absolute atomic E-state index is 0.347. The summed E-state index contributed by atoms with van der Waals surface area (Å²) in [6.45, 7) is 4.26. The zero-order valence-corrected chi connectivity index (χ0v) is 14.4. The summed E-state index contributed by atoms with van der Waals surface area (Å²) in [5.74, 6) is 2.46. The molecule has 0 aliphatic carbocycles. The molecule has 0 aliphatic heterocycles. The topological polar surface area (TPSA) is 39.9 Å². The standard InChI is InChI=1S/C16H22BrN3O/c1-12(2)20-16(18-11-19-20)9-14(10-17)8-13-4-6-15(21-3)7-5-13/h4-7,11-12,14H,8-10H2,1-3H3. The van der Waals surface area contributed by atoms with Gasteiger partial charge in [0.05, 0.1) is 7.11 Å². The summed E-state index contributed by atoms with van der Waals surface area (Å²) in [7, 11) is 1.69. The molecule has 0 fully saturated rings. The van der Waals surface area contributed by atoms with Crippen LogP contribution in [0, 0.1) is 5.92 Å². The Hall–Kier alpha value is -1.36. The molecular formula is C16H22BrN3O. The number of alkyl halides is 1. The van der Waals surface area contributed by atoms with Crippen LogP contribution in [0.2, 0.25) is 0 Å². The second-order valence-corrected chi connectivity index (χ2v) is 6.14. The molecule has 5 heteroatoms. The van der Waals surface area contributed by atoms with Crippen molar-refractivity contribution in [2.24, 2.45) is 5.92 Å². The Morgan fingerprint density at radius 2 is 1.90 bits per heavy atom. The third-order valence-corrected chi connectivity index (χ3v) is 4.42. The Labute approximate surface area is 134 Å². The lowest BCUT2D eigenvalue weighted by molar-refractivity contribution is 0.414. The van der Waals surface area contributed by atoms with Crippen LogP contribution in [-0.2, 0) is 12.8 Å². The van der Waals surface area contributed by atoms with Crippen molar-refractivity contribution >= 4 is 15.9 Å². The minimum Gasteiger partial charge on any atom is -0.497 e. The SMILES string of the molecule is COc1ccc(CC(CBr)Cc2ncnn2C(C)C)cc1. The van der Waals surface area contributed by atoms with Gasteiger partial charge in [-0.3, -0.25) is 0 Å². The highest BCUT2D eigenvalue weighted by Gasteiger charge is 2.15. The molecule has 4 nitrogen and oxygen atoms in total. The van der Waals surface area contributed by atoms with Gasteiger partial charge in [-0.05, 0) is 43.9 Å². The molecule has 2 rings (SSSR count). The van der Waals surface area contributed by atoms with Crippen LogP contribution in [0.5, 0.6) is 5.75 Å². The van der Waals surface area contributed by atoms with Crippen LogP contribution in [0.15, 0.2) is 30.6 Å². The molecule has 21 heavy (non-hydrogen) atoms. The molecule has 1 aromatic carbocycles. The molecule has 0 aliphatic rings. The summed E-state index contributed by atoms with van der Waals surface area (Å²) in [6, 6.07) is 8.62. The second-order valence-electron chi connectivity index (χ2n) is 5.49. The second kappa shape index (κ2) is 7.59. The summed E-state index contributed by atoms with van der Waals surface area (Å²) in [5, 5.41) is 5.25. The molecule has 0 amide bonds. The van der Waals surface area contributed by atoms with E-state index in [9.17, 15) is 0 Å². The first-order chi connectivity index (χ1) is 10.1. The lowest BCUT2D eigenvalue weighted by atomic mass is 9.97. The monoisotopic (exact) mass is 351 g/mol. The van der Waals surface area contributed by atoms with Gasteiger partial charge in [-0.25, -0.2) is 9.67 Å². The van der Waals surface area contributed by atoms with Crippen LogP contribution in [0.1, 0.15) is 31.3 Å². The highest BCUT2D eigenvalue weighted by Crippen LogP contribution is 2.19. The zero-order chi connectivity index (χ0) is 15.2. The molecule has 0 saturated carbocycles. The number of ether oxygens (including phenoxy) is 1. The van der Waals surface area contributed by atoms with Crippen LogP contribution >= 0.6 is 15.9 Å². The van der Waals surface area contributed by atoms with Crippen LogP contribution < -0.4 is 4.74 Å². The lowest BCUT2D eigenvalue weighted by Crippen LogP contribution is -2.16. The zero-order valence-electron chi connectivity index (χ0n) is 12.8. The Kier molecular flexibility index (Phi) is 5.79. The quantitative estimate of drug-likeness (QED) is 0.714. The Bertz CT molecular complexity index is 551. The predicted molar refractivity (Wildman–Crippen MR) is 88.1 cm³/mol. The summed E-state index contributed by atoms with van der Waals surface area (Å²) < 4.78 is 7.20. The maximum atomic E-state index is 5.20. The Morgan fingerprint density at radius 3 is 2.48 bits per heavy atom. The van der Waals surface area contributed by atoms with Crippen LogP contribution in [0.25, 0.3) is 0 Å². The van der Waals surface area contributed by atoms with Crippen molar-refractivity contribution in [2.75, 3.05) is 12.4 Å². The van der Waals surface area contributed by atoms with Crippen molar-refractivity contribution in [2.45, 2.75) is 32.7 Å². The van der Waals surface area contributed by atoms with E-state index in [1.165, 1.54) is 5.56 Å². The average molecular weight is 352 g/mol. The first-order valence-electron chi connectivity index (χ1n) is 7.21. The van der Waals surface area contributed by atoms with Crippen molar-refractivity contribution < 1.29 is 4.74 Å². The predicted octanol–water partition coefficient (Wildman–Crippen LogP) is 3.66. The van der Waals surface area contributed by atoms with Crippen molar-refractivity contribution in [1.29, 1.82) is 0 Å². The van der Waals surface area contributed by atoms with Gasteiger partial charge in [0.25, 0.3) is 0 Å². The van der Waals surface area contributed by atoms with Gasteiger partial charge in [-0.2, -0.15) is 5.10 Å². The third-order valence-electron chi connectivity index (χ3n) is 3.51. The number of halogens is 1. The van der Waals surface area contributed by atoms with E-state index < -0.39 is 0 Å². The van der Waals surface area contributed by atoms with Gasteiger partial charge in [0.1, 0.15) is 17.9 Å². The first kappa shape index (κ1) is 16.0. The summed E-state index contributed by atoms with van der Waals surface area (Å²) in [5.41, 5.74) is 1.32. The van der Waals surface area contributed by atoms with Gasteiger partial charge in [0.15, 0.2) is 0 Å².